The Morgan fingerprint density at radius 2 is 2.05 bits per heavy atom. The van der Waals surface area contributed by atoms with Gasteiger partial charge in [-0.15, -0.1) is 0 Å². The first kappa shape index (κ1) is 15.5. The predicted molar refractivity (Wildman–Crippen MR) is 78.3 cm³/mol. The molecule has 114 valence electrons. The highest BCUT2D eigenvalue weighted by Gasteiger charge is 2.31. The Balaban J connectivity index is 1.98. The van der Waals surface area contributed by atoms with Crippen LogP contribution in [0.15, 0.2) is 30.3 Å². The van der Waals surface area contributed by atoms with Crippen molar-refractivity contribution in [1.29, 1.82) is 0 Å². The number of benzene rings is 1. The number of hydrogen-bond donors (Lipinski definition) is 4. The SMILES string of the molecule is CCCC1CC(C(=O)N[C@H](C(=O)O)c2ccccc2)NN1. The molecule has 2 unspecified atom stereocenters. The van der Waals surface area contributed by atoms with Gasteiger partial charge in [0.05, 0.1) is 0 Å². The van der Waals surface area contributed by atoms with Gasteiger partial charge in [-0.1, -0.05) is 43.7 Å². The number of rotatable bonds is 6. The van der Waals surface area contributed by atoms with E-state index >= 15 is 0 Å². The summed E-state index contributed by atoms with van der Waals surface area (Å²) in [7, 11) is 0. The minimum absolute atomic E-state index is 0.255. The van der Waals surface area contributed by atoms with Gasteiger partial charge in [0.25, 0.3) is 0 Å². The van der Waals surface area contributed by atoms with Crippen molar-refractivity contribution in [2.75, 3.05) is 0 Å². The lowest BCUT2D eigenvalue weighted by atomic mass is 10.0. The average Bonchev–Trinajstić information content (AvgIpc) is 2.94. The summed E-state index contributed by atoms with van der Waals surface area (Å²) in [6, 6.07) is 7.54. The number of aliphatic carboxylic acids is 1. The predicted octanol–water partition coefficient (Wildman–Crippen LogP) is 0.964. The van der Waals surface area contributed by atoms with Gasteiger partial charge in [0.1, 0.15) is 6.04 Å². The summed E-state index contributed by atoms with van der Waals surface area (Å²) in [5.41, 5.74) is 6.57. The van der Waals surface area contributed by atoms with Crippen LogP contribution in [-0.2, 0) is 9.59 Å². The largest absolute Gasteiger partial charge is 0.479 e. The summed E-state index contributed by atoms with van der Waals surface area (Å²) >= 11 is 0. The molecule has 0 saturated carbocycles. The van der Waals surface area contributed by atoms with Crippen LogP contribution in [0.2, 0.25) is 0 Å². The highest BCUT2D eigenvalue weighted by Crippen LogP contribution is 2.15. The van der Waals surface area contributed by atoms with Gasteiger partial charge in [0.2, 0.25) is 5.91 Å². The van der Waals surface area contributed by atoms with Gasteiger partial charge in [-0.05, 0) is 18.4 Å². The summed E-state index contributed by atoms with van der Waals surface area (Å²) in [6.45, 7) is 2.09. The molecule has 4 N–H and O–H groups in total. The number of carbonyl (C=O) groups is 2. The first-order valence-corrected chi connectivity index (χ1v) is 7.21. The van der Waals surface area contributed by atoms with Gasteiger partial charge >= 0.3 is 5.97 Å². The third-order valence-electron chi connectivity index (χ3n) is 3.60. The molecule has 1 aliphatic rings. The van der Waals surface area contributed by atoms with Gasteiger partial charge in [0.15, 0.2) is 6.04 Å². The molecule has 6 nitrogen and oxygen atoms in total. The molecule has 21 heavy (non-hydrogen) atoms. The van der Waals surface area contributed by atoms with Crippen molar-refractivity contribution in [3.05, 3.63) is 35.9 Å². The van der Waals surface area contributed by atoms with Crippen molar-refractivity contribution >= 4 is 11.9 Å². The second-order valence-electron chi connectivity index (χ2n) is 5.25. The lowest BCUT2D eigenvalue weighted by Crippen LogP contribution is -2.46. The van der Waals surface area contributed by atoms with Crippen LogP contribution in [0.3, 0.4) is 0 Å². The van der Waals surface area contributed by atoms with E-state index in [2.05, 4.69) is 23.1 Å². The van der Waals surface area contributed by atoms with Crippen LogP contribution in [0.1, 0.15) is 37.8 Å². The number of carboxylic acids is 1. The first-order chi connectivity index (χ1) is 10.1. The van der Waals surface area contributed by atoms with E-state index in [1.165, 1.54) is 0 Å². The van der Waals surface area contributed by atoms with Crippen molar-refractivity contribution in [2.45, 2.75) is 44.3 Å². The maximum Gasteiger partial charge on any atom is 0.330 e. The van der Waals surface area contributed by atoms with E-state index in [-0.39, 0.29) is 11.9 Å². The molecule has 1 aromatic rings. The van der Waals surface area contributed by atoms with Crippen LogP contribution < -0.4 is 16.2 Å². The number of hydrazine groups is 1. The third-order valence-corrected chi connectivity index (χ3v) is 3.60. The second-order valence-corrected chi connectivity index (χ2v) is 5.25. The molecule has 0 aromatic heterocycles. The number of nitrogens with one attached hydrogen (secondary N) is 3. The number of carboxylic acid groups (broad SMARTS) is 1. The highest BCUT2D eigenvalue weighted by molar-refractivity contribution is 5.87. The minimum atomic E-state index is -1.06. The monoisotopic (exact) mass is 291 g/mol. The maximum atomic E-state index is 12.2. The molecule has 1 heterocycles. The standard InChI is InChI=1S/C15H21N3O3/c1-2-6-11-9-12(18-17-11)14(19)16-13(15(20)21)10-7-4-3-5-8-10/h3-5,7-8,11-13,17-18H,2,6,9H2,1H3,(H,16,19)(H,20,21)/t11?,12?,13-/m0/s1. The maximum absolute atomic E-state index is 12.2. The molecule has 1 aliphatic heterocycles. The molecule has 1 fully saturated rings. The van der Waals surface area contributed by atoms with Crippen LogP contribution in [-0.4, -0.2) is 29.1 Å². The minimum Gasteiger partial charge on any atom is -0.479 e. The van der Waals surface area contributed by atoms with E-state index in [9.17, 15) is 14.7 Å². The van der Waals surface area contributed by atoms with Gasteiger partial charge in [-0.3, -0.25) is 10.2 Å². The summed E-state index contributed by atoms with van der Waals surface area (Å²) in [4.78, 5) is 23.6. The molecule has 0 radical (unpaired) electrons. The van der Waals surface area contributed by atoms with Crippen molar-refractivity contribution in [3.8, 4) is 0 Å². The van der Waals surface area contributed by atoms with Crippen LogP contribution >= 0.6 is 0 Å². The molecular weight excluding hydrogens is 270 g/mol. The highest BCUT2D eigenvalue weighted by atomic mass is 16.4. The van der Waals surface area contributed by atoms with Crippen LogP contribution in [0.4, 0.5) is 0 Å². The summed E-state index contributed by atoms with van der Waals surface area (Å²) in [5, 5.41) is 11.9. The van der Waals surface area contributed by atoms with Crippen LogP contribution in [0, 0.1) is 0 Å². The topological polar surface area (TPSA) is 90.5 Å². The molecule has 1 amide bonds. The number of carbonyl (C=O) groups excluding carboxylic acids is 1. The van der Waals surface area contributed by atoms with Gasteiger partial charge in [-0.2, -0.15) is 0 Å². The molecule has 1 saturated heterocycles. The Hall–Kier alpha value is -1.92. The molecular formula is C15H21N3O3. The molecule has 3 atom stereocenters. The summed E-state index contributed by atoms with van der Waals surface area (Å²) in [6.07, 6.45) is 2.69. The van der Waals surface area contributed by atoms with Gasteiger partial charge in [-0.25, -0.2) is 10.2 Å². The van der Waals surface area contributed by atoms with Crippen molar-refractivity contribution in [1.82, 2.24) is 16.2 Å². The normalized spacial score (nSPS) is 22.7. The van der Waals surface area contributed by atoms with Crippen molar-refractivity contribution in [2.24, 2.45) is 0 Å². The fourth-order valence-corrected chi connectivity index (χ4v) is 2.51. The first-order valence-electron chi connectivity index (χ1n) is 7.21. The van der Waals surface area contributed by atoms with E-state index < -0.39 is 18.1 Å². The zero-order chi connectivity index (χ0) is 15.2. The quantitative estimate of drug-likeness (QED) is 0.627. The molecule has 2 rings (SSSR count). The third kappa shape index (κ3) is 4.03. The van der Waals surface area contributed by atoms with E-state index in [0.29, 0.717) is 12.0 Å². The lowest BCUT2D eigenvalue weighted by molar-refractivity contribution is -0.142. The van der Waals surface area contributed by atoms with E-state index in [4.69, 9.17) is 0 Å². The number of amides is 1. The molecule has 1 aromatic carbocycles. The van der Waals surface area contributed by atoms with Crippen LogP contribution in [0.5, 0.6) is 0 Å². The van der Waals surface area contributed by atoms with E-state index in [1.54, 1.807) is 24.3 Å². The zero-order valence-corrected chi connectivity index (χ0v) is 12.0. The Labute approximate surface area is 123 Å². The Morgan fingerprint density at radius 1 is 1.33 bits per heavy atom. The molecule has 0 spiro atoms. The Kier molecular flexibility index (Phi) is 5.30. The number of hydrogen-bond acceptors (Lipinski definition) is 4. The molecule has 0 bridgehead atoms. The average molecular weight is 291 g/mol. The Morgan fingerprint density at radius 3 is 2.67 bits per heavy atom. The summed E-state index contributed by atoms with van der Waals surface area (Å²) < 4.78 is 0. The van der Waals surface area contributed by atoms with E-state index in [0.717, 1.165) is 12.8 Å². The fraction of sp³-hybridized carbons (Fsp3) is 0.467. The van der Waals surface area contributed by atoms with Crippen molar-refractivity contribution < 1.29 is 14.7 Å². The molecule has 6 heteroatoms. The summed E-state index contributed by atoms with van der Waals surface area (Å²) in [5.74, 6) is -1.36. The lowest BCUT2D eigenvalue weighted by Gasteiger charge is -2.17. The van der Waals surface area contributed by atoms with Gasteiger partial charge in [0, 0.05) is 6.04 Å². The second kappa shape index (κ2) is 7.19. The Bertz CT molecular complexity index is 492. The van der Waals surface area contributed by atoms with E-state index in [1.807, 2.05) is 6.07 Å². The van der Waals surface area contributed by atoms with Gasteiger partial charge < -0.3 is 10.4 Å². The van der Waals surface area contributed by atoms with Crippen LogP contribution in [0.25, 0.3) is 0 Å². The fourth-order valence-electron chi connectivity index (χ4n) is 2.51. The molecule has 0 aliphatic carbocycles. The zero-order valence-electron chi connectivity index (χ0n) is 12.0. The smallest absolute Gasteiger partial charge is 0.330 e. The van der Waals surface area contributed by atoms with Crippen molar-refractivity contribution in [3.63, 3.8) is 0 Å².